The molecule has 6 heteroatoms. The summed E-state index contributed by atoms with van der Waals surface area (Å²) in [5.41, 5.74) is 2.11. The summed E-state index contributed by atoms with van der Waals surface area (Å²) in [6.45, 7) is 6.79. The van der Waals surface area contributed by atoms with Crippen molar-refractivity contribution in [3.05, 3.63) is 46.9 Å². The lowest BCUT2D eigenvalue weighted by Crippen LogP contribution is -2.26. The van der Waals surface area contributed by atoms with Crippen LogP contribution in [0.3, 0.4) is 0 Å². The second-order valence-corrected chi connectivity index (χ2v) is 6.17. The molecule has 1 heterocycles. The van der Waals surface area contributed by atoms with Crippen LogP contribution in [0.25, 0.3) is 0 Å². The first-order valence-electron chi connectivity index (χ1n) is 7.59. The van der Waals surface area contributed by atoms with Gasteiger partial charge in [-0.1, -0.05) is 31.5 Å². The summed E-state index contributed by atoms with van der Waals surface area (Å²) in [4.78, 5) is 20.3. The van der Waals surface area contributed by atoms with Gasteiger partial charge in [-0.2, -0.15) is 0 Å². The molecule has 0 saturated heterocycles. The molecule has 2 N–H and O–H groups in total. The summed E-state index contributed by atoms with van der Waals surface area (Å²) in [6, 6.07) is 7.23. The maximum absolute atomic E-state index is 12.1. The van der Waals surface area contributed by atoms with Gasteiger partial charge in [0.05, 0.1) is 0 Å². The maximum atomic E-state index is 12.1. The third-order valence-corrected chi connectivity index (χ3v) is 3.85. The molecule has 0 radical (unpaired) electrons. The molecular formula is C17H21ClN4O. The average molecular weight is 333 g/mol. The van der Waals surface area contributed by atoms with Crippen LogP contribution in [-0.4, -0.2) is 22.4 Å². The topological polar surface area (TPSA) is 66.9 Å². The van der Waals surface area contributed by atoms with Crippen molar-refractivity contribution in [1.82, 2.24) is 15.3 Å². The van der Waals surface area contributed by atoms with Crippen LogP contribution in [0.1, 0.15) is 36.3 Å². The van der Waals surface area contributed by atoms with E-state index in [-0.39, 0.29) is 5.91 Å². The number of carbonyl (C=O) groups is 1. The molecule has 23 heavy (non-hydrogen) atoms. The van der Waals surface area contributed by atoms with E-state index in [0.717, 1.165) is 17.7 Å². The van der Waals surface area contributed by atoms with Gasteiger partial charge in [0.25, 0.3) is 5.91 Å². The molecule has 2 rings (SSSR count). The normalized spacial score (nSPS) is 10.7. The number of rotatable bonds is 6. The van der Waals surface area contributed by atoms with Gasteiger partial charge < -0.3 is 10.6 Å². The van der Waals surface area contributed by atoms with Crippen LogP contribution in [0, 0.1) is 12.8 Å². The lowest BCUT2D eigenvalue weighted by atomic mass is 10.1. The van der Waals surface area contributed by atoms with Crippen molar-refractivity contribution >= 4 is 29.0 Å². The van der Waals surface area contributed by atoms with Crippen molar-refractivity contribution in [2.45, 2.75) is 27.2 Å². The van der Waals surface area contributed by atoms with Crippen molar-refractivity contribution in [3.63, 3.8) is 0 Å². The molecule has 5 nitrogen and oxygen atoms in total. The van der Waals surface area contributed by atoms with E-state index in [2.05, 4.69) is 34.4 Å². The van der Waals surface area contributed by atoms with Gasteiger partial charge in [-0.05, 0) is 37.0 Å². The highest BCUT2D eigenvalue weighted by Gasteiger charge is 2.10. The second kappa shape index (κ2) is 7.92. The van der Waals surface area contributed by atoms with E-state index in [1.807, 2.05) is 25.1 Å². The SMILES string of the molecule is Cc1c(Cl)cccc1Nc1cc(C(=O)NCCC(C)C)ncn1. The number of amides is 1. The standard InChI is InChI=1S/C17H21ClN4O/c1-11(2)7-8-19-17(23)15-9-16(21-10-20-15)22-14-6-4-5-13(18)12(14)3/h4-6,9-11H,7-8H2,1-3H3,(H,19,23)(H,20,21,22). The second-order valence-electron chi connectivity index (χ2n) is 5.76. The Kier molecular flexibility index (Phi) is 5.93. The van der Waals surface area contributed by atoms with Gasteiger partial charge in [0.15, 0.2) is 0 Å². The highest BCUT2D eigenvalue weighted by molar-refractivity contribution is 6.31. The van der Waals surface area contributed by atoms with Crippen molar-refractivity contribution < 1.29 is 4.79 Å². The molecule has 122 valence electrons. The van der Waals surface area contributed by atoms with Crippen molar-refractivity contribution in [2.75, 3.05) is 11.9 Å². The Balaban J connectivity index is 2.07. The van der Waals surface area contributed by atoms with Gasteiger partial charge in [0, 0.05) is 23.3 Å². The maximum Gasteiger partial charge on any atom is 0.270 e. The number of carbonyl (C=O) groups excluding carboxylic acids is 1. The molecule has 0 spiro atoms. The molecule has 0 aliphatic rings. The molecule has 0 aliphatic carbocycles. The third kappa shape index (κ3) is 4.93. The van der Waals surface area contributed by atoms with E-state index >= 15 is 0 Å². The van der Waals surface area contributed by atoms with Crippen molar-refractivity contribution in [1.29, 1.82) is 0 Å². The summed E-state index contributed by atoms with van der Waals surface area (Å²) >= 11 is 6.11. The molecule has 0 bridgehead atoms. The number of hydrogen-bond acceptors (Lipinski definition) is 4. The Labute approximate surface area is 141 Å². The van der Waals surface area contributed by atoms with E-state index in [9.17, 15) is 4.79 Å². The van der Waals surface area contributed by atoms with Crippen LogP contribution in [0.2, 0.25) is 5.02 Å². The fourth-order valence-electron chi connectivity index (χ4n) is 2.00. The number of hydrogen-bond donors (Lipinski definition) is 2. The lowest BCUT2D eigenvalue weighted by Gasteiger charge is -2.11. The molecule has 1 amide bonds. The molecule has 0 saturated carbocycles. The molecule has 0 aliphatic heterocycles. The van der Waals surface area contributed by atoms with E-state index in [4.69, 9.17) is 11.6 Å². The number of nitrogens with zero attached hydrogens (tertiary/aromatic N) is 2. The quantitative estimate of drug-likeness (QED) is 0.840. The summed E-state index contributed by atoms with van der Waals surface area (Å²) in [5.74, 6) is 0.905. The Morgan fingerprint density at radius 3 is 2.83 bits per heavy atom. The Morgan fingerprint density at radius 2 is 2.09 bits per heavy atom. The van der Waals surface area contributed by atoms with Crippen molar-refractivity contribution in [3.8, 4) is 0 Å². The van der Waals surface area contributed by atoms with Crippen LogP contribution in [0.15, 0.2) is 30.6 Å². The Morgan fingerprint density at radius 1 is 1.30 bits per heavy atom. The fraction of sp³-hybridized carbons (Fsp3) is 0.353. The van der Waals surface area contributed by atoms with E-state index < -0.39 is 0 Å². The molecule has 2 aromatic rings. The van der Waals surface area contributed by atoms with Gasteiger partial charge >= 0.3 is 0 Å². The van der Waals surface area contributed by atoms with Crippen LogP contribution >= 0.6 is 11.6 Å². The van der Waals surface area contributed by atoms with Crippen LogP contribution in [0.5, 0.6) is 0 Å². The zero-order valence-electron chi connectivity index (χ0n) is 13.6. The summed E-state index contributed by atoms with van der Waals surface area (Å²) in [5, 5.41) is 6.71. The van der Waals surface area contributed by atoms with Gasteiger partial charge in [-0.3, -0.25) is 4.79 Å². The smallest absolute Gasteiger partial charge is 0.270 e. The van der Waals surface area contributed by atoms with E-state index in [0.29, 0.717) is 29.0 Å². The minimum absolute atomic E-state index is 0.195. The van der Waals surface area contributed by atoms with Gasteiger partial charge in [0.1, 0.15) is 17.8 Å². The summed E-state index contributed by atoms with van der Waals surface area (Å²) in [7, 11) is 0. The Bertz CT molecular complexity index is 688. The molecule has 1 aromatic heterocycles. The number of nitrogens with one attached hydrogen (secondary N) is 2. The molecule has 0 atom stereocenters. The first kappa shape index (κ1) is 17.2. The zero-order chi connectivity index (χ0) is 16.8. The predicted octanol–water partition coefficient (Wildman–Crippen LogP) is 3.96. The highest BCUT2D eigenvalue weighted by Crippen LogP contribution is 2.25. The summed E-state index contributed by atoms with van der Waals surface area (Å²) < 4.78 is 0. The van der Waals surface area contributed by atoms with Crippen LogP contribution < -0.4 is 10.6 Å². The number of halogens is 1. The molecule has 0 unspecified atom stereocenters. The third-order valence-electron chi connectivity index (χ3n) is 3.44. The number of anilines is 2. The summed E-state index contributed by atoms with van der Waals surface area (Å²) in [6.07, 6.45) is 2.31. The van der Waals surface area contributed by atoms with Gasteiger partial charge in [-0.25, -0.2) is 9.97 Å². The van der Waals surface area contributed by atoms with Gasteiger partial charge in [-0.15, -0.1) is 0 Å². The molecule has 1 aromatic carbocycles. The highest BCUT2D eigenvalue weighted by atomic mass is 35.5. The molecule has 0 fully saturated rings. The first-order chi connectivity index (χ1) is 11.0. The predicted molar refractivity (Wildman–Crippen MR) is 93.3 cm³/mol. The van der Waals surface area contributed by atoms with E-state index in [1.165, 1.54) is 6.33 Å². The Hall–Kier alpha value is -2.14. The number of aromatic nitrogens is 2. The number of benzene rings is 1. The monoisotopic (exact) mass is 332 g/mol. The van der Waals surface area contributed by atoms with E-state index in [1.54, 1.807) is 6.07 Å². The first-order valence-corrected chi connectivity index (χ1v) is 7.97. The van der Waals surface area contributed by atoms with Crippen LogP contribution in [0.4, 0.5) is 11.5 Å². The van der Waals surface area contributed by atoms with Crippen LogP contribution in [-0.2, 0) is 0 Å². The largest absolute Gasteiger partial charge is 0.351 e. The minimum atomic E-state index is -0.195. The van der Waals surface area contributed by atoms with Crippen molar-refractivity contribution in [2.24, 2.45) is 5.92 Å². The van der Waals surface area contributed by atoms with Gasteiger partial charge in [0.2, 0.25) is 0 Å². The lowest BCUT2D eigenvalue weighted by molar-refractivity contribution is 0.0947. The minimum Gasteiger partial charge on any atom is -0.351 e. The average Bonchev–Trinajstić information content (AvgIpc) is 2.52. The zero-order valence-corrected chi connectivity index (χ0v) is 14.3. The molecular weight excluding hydrogens is 312 g/mol. The fourth-order valence-corrected chi connectivity index (χ4v) is 2.17.